The van der Waals surface area contributed by atoms with Gasteiger partial charge in [-0.15, -0.1) is 11.8 Å². The lowest BCUT2D eigenvalue weighted by molar-refractivity contribution is 0.0597. The molecule has 0 fully saturated rings. The number of esters is 1. The first kappa shape index (κ1) is 16.0. The highest BCUT2D eigenvalue weighted by atomic mass is 35.5. The van der Waals surface area contributed by atoms with Crippen molar-refractivity contribution in [3.63, 3.8) is 0 Å². The Hall–Kier alpha value is -1.36. The zero-order chi connectivity index (χ0) is 15.4. The number of benzene rings is 2. The van der Waals surface area contributed by atoms with E-state index >= 15 is 0 Å². The molecule has 0 bridgehead atoms. The molecule has 0 unspecified atom stereocenters. The molecule has 0 saturated heterocycles. The molecule has 2 aromatic rings. The Bertz CT molecular complexity index is 677. The lowest BCUT2D eigenvalue weighted by atomic mass is 10.2. The van der Waals surface area contributed by atoms with Crippen LogP contribution in [0.2, 0.25) is 10.0 Å². The number of nitrogen functional groups attached to an aromatic ring is 1. The van der Waals surface area contributed by atoms with Crippen LogP contribution >= 0.6 is 35.0 Å². The molecule has 0 heterocycles. The lowest BCUT2D eigenvalue weighted by Gasteiger charge is -2.11. The molecule has 21 heavy (non-hydrogen) atoms. The van der Waals surface area contributed by atoms with E-state index in [2.05, 4.69) is 0 Å². The van der Waals surface area contributed by atoms with Gasteiger partial charge in [-0.25, -0.2) is 4.79 Å². The number of carbonyl (C=O) groups excluding carboxylic acids is 1. The average molecular weight is 342 g/mol. The Morgan fingerprint density at radius 1 is 1.24 bits per heavy atom. The third-order valence-corrected chi connectivity index (χ3v) is 4.76. The van der Waals surface area contributed by atoms with E-state index in [1.807, 2.05) is 24.3 Å². The van der Waals surface area contributed by atoms with Gasteiger partial charge in [0.25, 0.3) is 0 Å². The van der Waals surface area contributed by atoms with Gasteiger partial charge < -0.3 is 10.5 Å². The van der Waals surface area contributed by atoms with Gasteiger partial charge >= 0.3 is 5.97 Å². The molecule has 0 spiro atoms. The molecule has 0 aliphatic carbocycles. The standard InChI is InChI=1S/C15H13Cl2NO2S/c1-20-15(19)11-6-10(18)7-13(17)14(11)21-8-9-4-2-3-5-12(9)16/h2-7H,8,18H2,1H3. The SMILES string of the molecule is COC(=O)c1cc(N)cc(Cl)c1SCc1ccccc1Cl. The van der Waals surface area contributed by atoms with Gasteiger partial charge in [-0.2, -0.15) is 0 Å². The molecule has 2 rings (SSSR count). The summed E-state index contributed by atoms with van der Waals surface area (Å²) in [6, 6.07) is 10.7. The Morgan fingerprint density at radius 2 is 1.95 bits per heavy atom. The van der Waals surface area contributed by atoms with Crippen molar-refractivity contribution in [3.8, 4) is 0 Å². The first-order chi connectivity index (χ1) is 10.0. The van der Waals surface area contributed by atoms with Crippen molar-refractivity contribution in [2.75, 3.05) is 12.8 Å². The predicted octanol–water partition coefficient (Wildman–Crippen LogP) is 4.65. The van der Waals surface area contributed by atoms with E-state index in [1.54, 1.807) is 12.1 Å². The number of rotatable bonds is 4. The second-order valence-electron chi connectivity index (χ2n) is 4.25. The van der Waals surface area contributed by atoms with Crippen molar-refractivity contribution >= 4 is 46.6 Å². The molecule has 2 N–H and O–H groups in total. The Labute approximate surface area is 137 Å². The highest BCUT2D eigenvalue weighted by Gasteiger charge is 2.17. The van der Waals surface area contributed by atoms with Gasteiger partial charge in [0.05, 0.1) is 17.7 Å². The Balaban J connectivity index is 2.31. The zero-order valence-corrected chi connectivity index (χ0v) is 13.6. The van der Waals surface area contributed by atoms with Gasteiger partial charge in [-0.3, -0.25) is 0 Å². The number of ether oxygens (including phenoxy) is 1. The van der Waals surface area contributed by atoms with Crippen LogP contribution in [0.4, 0.5) is 5.69 Å². The summed E-state index contributed by atoms with van der Waals surface area (Å²) >= 11 is 13.7. The minimum atomic E-state index is -0.467. The maximum atomic E-state index is 11.8. The maximum Gasteiger partial charge on any atom is 0.339 e. The number of hydrogen-bond acceptors (Lipinski definition) is 4. The fourth-order valence-corrected chi connectivity index (χ4v) is 3.51. The van der Waals surface area contributed by atoms with E-state index in [0.717, 1.165) is 5.56 Å². The summed E-state index contributed by atoms with van der Waals surface area (Å²) < 4.78 is 4.77. The van der Waals surface area contributed by atoms with Gasteiger partial charge in [-0.1, -0.05) is 41.4 Å². The summed E-state index contributed by atoms with van der Waals surface area (Å²) in [5.74, 6) is 0.124. The topological polar surface area (TPSA) is 52.3 Å². The van der Waals surface area contributed by atoms with Gasteiger partial charge in [0.1, 0.15) is 0 Å². The van der Waals surface area contributed by atoms with Crippen LogP contribution in [0.15, 0.2) is 41.3 Å². The van der Waals surface area contributed by atoms with Gasteiger partial charge in [-0.05, 0) is 23.8 Å². The monoisotopic (exact) mass is 341 g/mol. The first-order valence-corrected chi connectivity index (χ1v) is 7.80. The van der Waals surface area contributed by atoms with E-state index in [4.69, 9.17) is 33.7 Å². The number of carbonyl (C=O) groups is 1. The molecule has 0 saturated carbocycles. The molecule has 0 aromatic heterocycles. The number of anilines is 1. The summed E-state index contributed by atoms with van der Waals surface area (Å²) in [7, 11) is 1.32. The largest absolute Gasteiger partial charge is 0.465 e. The normalized spacial score (nSPS) is 10.4. The second kappa shape index (κ2) is 7.07. The third kappa shape index (κ3) is 3.84. The van der Waals surface area contributed by atoms with Crippen LogP contribution in [-0.2, 0) is 10.5 Å². The van der Waals surface area contributed by atoms with Crippen LogP contribution in [0.1, 0.15) is 15.9 Å². The number of methoxy groups -OCH3 is 1. The molecule has 0 aliphatic heterocycles. The van der Waals surface area contributed by atoms with Crippen LogP contribution in [0.5, 0.6) is 0 Å². The molecule has 0 radical (unpaired) electrons. The fourth-order valence-electron chi connectivity index (χ4n) is 1.79. The molecule has 2 aromatic carbocycles. The highest BCUT2D eigenvalue weighted by Crippen LogP contribution is 2.36. The first-order valence-electron chi connectivity index (χ1n) is 6.06. The van der Waals surface area contributed by atoms with Crippen LogP contribution in [0.3, 0.4) is 0 Å². The quantitative estimate of drug-likeness (QED) is 0.499. The number of hydrogen-bond donors (Lipinski definition) is 1. The maximum absolute atomic E-state index is 11.8. The van der Waals surface area contributed by atoms with Crippen molar-refractivity contribution in [2.24, 2.45) is 0 Å². The number of halogens is 2. The van der Waals surface area contributed by atoms with Crippen molar-refractivity contribution in [1.82, 2.24) is 0 Å². The van der Waals surface area contributed by atoms with Gasteiger partial charge in [0.15, 0.2) is 0 Å². The smallest absolute Gasteiger partial charge is 0.339 e. The van der Waals surface area contributed by atoms with Gasteiger partial charge in [0, 0.05) is 21.4 Å². The summed E-state index contributed by atoms with van der Waals surface area (Å²) in [6.07, 6.45) is 0. The third-order valence-electron chi connectivity index (χ3n) is 2.80. The van der Waals surface area contributed by atoms with Crippen LogP contribution in [0, 0.1) is 0 Å². The Morgan fingerprint density at radius 3 is 2.62 bits per heavy atom. The van der Waals surface area contributed by atoms with E-state index in [1.165, 1.54) is 18.9 Å². The van der Waals surface area contributed by atoms with Crippen LogP contribution in [0.25, 0.3) is 0 Å². The molecule has 0 atom stereocenters. The van der Waals surface area contributed by atoms with Crippen molar-refractivity contribution < 1.29 is 9.53 Å². The lowest BCUT2D eigenvalue weighted by Crippen LogP contribution is -2.05. The van der Waals surface area contributed by atoms with Crippen LogP contribution < -0.4 is 5.73 Å². The molecular formula is C15H13Cl2NO2S. The van der Waals surface area contributed by atoms with E-state index in [0.29, 0.717) is 31.9 Å². The number of nitrogens with two attached hydrogens (primary N) is 1. The minimum Gasteiger partial charge on any atom is -0.465 e. The van der Waals surface area contributed by atoms with Crippen molar-refractivity contribution in [2.45, 2.75) is 10.6 Å². The summed E-state index contributed by atoms with van der Waals surface area (Å²) in [5.41, 5.74) is 7.47. The van der Waals surface area contributed by atoms with E-state index < -0.39 is 5.97 Å². The summed E-state index contributed by atoms with van der Waals surface area (Å²) in [5, 5.41) is 1.10. The van der Waals surface area contributed by atoms with Crippen molar-refractivity contribution in [3.05, 3.63) is 57.6 Å². The molecule has 0 aliphatic rings. The Kier molecular flexibility index (Phi) is 5.39. The summed E-state index contributed by atoms with van der Waals surface area (Å²) in [6.45, 7) is 0. The minimum absolute atomic E-state index is 0.361. The summed E-state index contributed by atoms with van der Waals surface area (Å²) in [4.78, 5) is 12.5. The molecule has 6 heteroatoms. The zero-order valence-electron chi connectivity index (χ0n) is 11.2. The second-order valence-corrected chi connectivity index (χ2v) is 6.05. The number of thioether (sulfide) groups is 1. The van der Waals surface area contributed by atoms with Gasteiger partial charge in [0.2, 0.25) is 0 Å². The molecule has 110 valence electrons. The predicted molar refractivity (Wildman–Crippen MR) is 88.2 cm³/mol. The van der Waals surface area contributed by atoms with Crippen LogP contribution in [-0.4, -0.2) is 13.1 Å². The van der Waals surface area contributed by atoms with E-state index in [9.17, 15) is 4.79 Å². The fraction of sp³-hybridized carbons (Fsp3) is 0.133. The molecule has 0 amide bonds. The average Bonchev–Trinajstić information content (AvgIpc) is 2.46. The van der Waals surface area contributed by atoms with Crippen molar-refractivity contribution in [1.29, 1.82) is 0 Å². The van der Waals surface area contributed by atoms with E-state index in [-0.39, 0.29) is 0 Å². The molecular weight excluding hydrogens is 329 g/mol. The highest BCUT2D eigenvalue weighted by molar-refractivity contribution is 7.98. The molecule has 3 nitrogen and oxygen atoms in total.